The maximum atomic E-state index is 5.88. The molecule has 0 amide bonds. The molecule has 20 heavy (non-hydrogen) atoms. The fraction of sp³-hybridized carbons (Fsp3) is 0.188. The number of rotatable bonds is 5. The summed E-state index contributed by atoms with van der Waals surface area (Å²) in [7, 11) is 0. The highest BCUT2D eigenvalue weighted by molar-refractivity contribution is 7.09. The van der Waals surface area contributed by atoms with Crippen LogP contribution in [0.15, 0.2) is 47.8 Å². The lowest BCUT2D eigenvalue weighted by Gasteiger charge is -2.09. The van der Waals surface area contributed by atoms with Crippen molar-refractivity contribution >= 4 is 22.1 Å². The average Bonchev–Trinajstić information content (AvgIpc) is 3.00. The van der Waals surface area contributed by atoms with E-state index >= 15 is 0 Å². The van der Waals surface area contributed by atoms with E-state index < -0.39 is 0 Å². The second-order valence-corrected chi connectivity index (χ2v) is 5.55. The molecule has 0 atom stereocenters. The first-order valence-corrected chi connectivity index (χ1v) is 7.48. The van der Waals surface area contributed by atoms with Crippen molar-refractivity contribution in [1.82, 2.24) is 4.98 Å². The molecule has 2 aromatic heterocycles. The molecule has 0 fully saturated rings. The van der Waals surface area contributed by atoms with E-state index in [4.69, 9.17) is 10.5 Å². The molecule has 0 saturated carbocycles. The number of benzene rings is 1. The van der Waals surface area contributed by atoms with Gasteiger partial charge in [0.15, 0.2) is 0 Å². The Kier molecular flexibility index (Phi) is 3.95. The third-order valence-electron chi connectivity index (χ3n) is 3.13. The Hall–Kier alpha value is -1.91. The molecule has 4 heteroatoms. The van der Waals surface area contributed by atoms with Crippen LogP contribution in [0.1, 0.15) is 10.6 Å². The van der Waals surface area contributed by atoms with E-state index in [0.29, 0.717) is 19.0 Å². The molecule has 0 saturated heterocycles. The van der Waals surface area contributed by atoms with Crippen LogP contribution < -0.4 is 10.5 Å². The molecule has 102 valence electrons. The number of nitrogens with zero attached hydrogens (tertiary/aromatic N) is 1. The van der Waals surface area contributed by atoms with Gasteiger partial charge in [-0.25, -0.2) is 4.98 Å². The molecule has 2 heterocycles. The van der Waals surface area contributed by atoms with E-state index in [0.717, 1.165) is 22.9 Å². The van der Waals surface area contributed by atoms with Crippen molar-refractivity contribution in [3.63, 3.8) is 0 Å². The molecule has 0 bridgehead atoms. The largest absolute Gasteiger partial charge is 0.477 e. The van der Waals surface area contributed by atoms with Crippen LogP contribution >= 0.6 is 11.3 Å². The molecule has 0 spiro atoms. The first kappa shape index (κ1) is 13.1. The van der Waals surface area contributed by atoms with Gasteiger partial charge in [0.2, 0.25) is 5.88 Å². The zero-order chi connectivity index (χ0) is 13.8. The number of hydrogen-bond acceptors (Lipinski definition) is 4. The zero-order valence-corrected chi connectivity index (χ0v) is 11.9. The molecule has 3 rings (SSSR count). The van der Waals surface area contributed by atoms with Crippen LogP contribution in [-0.2, 0) is 13.0 Å². The smallest absolute Gasteiger partial charge is 0.221 e. The van der Waals surface area contributed by atoms with Crippen LogP contribution in [0.4, 0.5) is 0 Å². The van der Waals surface area contributed by atoms with Crippen LogP contribution in [0.25, 0.3) is 10.8 Å². The highest BCUT2D eigenvalue weighted by Crippen LogP contribution is 2.24. The summed E-state index contributed by atoms with van der Waals surface area (Å²) in [4.78, 5) is 5.82. The van der Waals surface area contributed by atoms with Crippen molar-refractivity contribution < 1.29 is 4.74 Å². The summed E-state index contributed by atoms with van der Waals surface area (Å²) in [6, 6.07) is 14.3. The van der Waals surface area contributed by atoms with Crippen molar-refractivity contribution in [3.8, 4) is 5.88 Å². The highest BCUT2D eigenvalue weighted by Gasteiger charge is 2.06. The summed E-state index contributed by atoms with van der Waals surface area (Å²) in [6.45, 7) is 1.05. The predicted octanol–water partition coefficient (Wildman–Crippen LogP) is 3.38. The number of hydrogen-bond donors (Lipinski definition) is 1. The van der Waals surface area contributed by atoms with Crippen LogP contribution in [0.5, 0.6) is 5.88 Å². The summed E-state index contributed by atoms with van der Waals surface area (Å²) < 4.78 is 5.88. The lowest BCUT2D eigenvalue weighted by atomic mass is 10.1. The summed E-state index contributed by atoms with van der Waals surface area (Å²) in [5.41, 5.74) is 6.56. The van der Waals surface area contributed by atoms with Gasteiger partial charge in [0.05, 0.1) is 12.3 Å². The Morgan fingerprint density at radius 1 is 1.15 bits per heavy atom. The number of ether oxygens (including phenoxy) is 1. The third kappa shape index (κ3) is 2.81. The second kappa shape index (κ2) is 6.03. The third-order valence-corrected chi connectivity index (χ3v) is 4.07. The van der Waals surface area contributed by atoms with E-state index in [1.54, 1.807) is 11.3 Å². The van der Waals surface area contributed by atoms with Gasteiger partial charge in [0.25, 0.3) is 0 Å². The summed E-state index contributed by atoms with van der Waals surface area (Å²) in [5.74, 6) is 0.681. The van der Waals surface area contributed by atoms with E-state index in [2.05, 4.69) is 28.6 Å². The molecular formula is C16H16N2OS. The number of pyridine rings is 1. The van der Waals surface area contributed by atoms with Crippen molar-refractivity contribution in [1.29, 1.82) is 0 Å². The van der Waals surface area contributed by atoms with Crippen molar-refractivity contribution in [2.45, 2.75) is 13.0 Å². The van der Waals surface area contributed by atoms with Gasteiger partial charge in [0.1, 0.15) is 0 Å². The molecule has 3 aromatic rings. The van der Waals surface area contributed by atoms with Gasteiger partial charge in [-0.3, -0.25) is 0 Å². The maximum absolute atomic E-state index is 5.88. The Balaban J connectivity index is 1.82. The molecule has 0 aliphatic heterocycles. The Bertz CT molecular complexity index is 695. The quantitative estimate of drug-likeness (QED) is 0.781. The number of fused-ring (bicyclic) bond motifs is 1. The van der Waals surface area contributed by atoms with Crippen LogP contribution in [0.3, 0.4) is 0 Å². The number of thiophene rings is 1. The van der Waals surface area contributed by atoms with E-state index in [-0.39, 0.29) is 0 Å². The Morgan fingerprint density at radius 2 is 2.05 bits per heavy atom. The summed E-state index contributed by atoms with van der Waals surface area (Å²) in [5, 5.41) is 4.24. The lowest BCUT2D eigenvalue weighted by Crippen LogP contribution is -2.05. The summed E-state index contributed by atoms with van der Waals surface area (Å²) >= 11 is 1.75. The maximum Gasteiger partial charge on any atom is 0.221 e. The molecule has 0 unspecified atom stereocenters. The minimum atomic E-state index is 0.423. The van der Waals surface area contributed by atoms with Gasteiger partial charge < -0.3 is 10.5 Å². The van der Waals surface area contributed by atoms with Gasteiger partial charge in [-0.15, -0.1) is 11.3 Å². The Labute approximate surface area is 122 Å². The average molecular weight is 284 g/mol. The predicted molar refractivity (Wildman–Crippen MR) is 83.2 cm³/mol. The zero-order valence-electron chi connectivity index (χ0n) is 11.1. The Morgan fingerprint density at radius 3 is 2.85 bits per heavy atom. The molecule has 0 aliphatic rings. The van der Waals surface area contributed by atoms with Gasteiger partial charge >= 0.3 is 0 Å². The monoisotopic (exact) mass is 284 g/mol. The first-order chi connectivity index (χ1) is 9.86. The van der Waals surface area contributed by atoms with Crippen LogP contribution in [-0.4, -0.2) is 11.6 Å². The van der Waals surface area contributed by atoms with Crippen molar-refractivity contribution in [3.05, 3.63) is 58.4 Å². The van der Waals surface area contributed by atoms with Gasteiger partial charge in [0, 0.05) is 23.2 Å². The second-order valence-electron chi connectivity index (χ2n) is 4.52. The van der Waals surface area contributed by atoms with E-state index in [1.807, 2.05) is 24.3 Å². The van der Waals surface area contributed by atoms with Crippen LogP contribution in [0.2, 0.25) is 0 Å². The molecule has 0 radical (unpaired) electrons. The number of nitrogens with two attached hydrogens (primary N) is 1. The summed E-state index contributed by atoms with van der Waals surface area (Å²) in [6.07, 6.45) is 0.903. The fourth-order valence-corrected chi connectivity index (χ4v) is 2.83. The van der Waals surface area contributed by atoms with Gasteiger partial charge in [-0.2, -0.15) is 0 Å². The minimum Gasteiger partial charge on any atom is -0.477 e. The lowest BCUT2D eigenvalue weighted by molar-refractivity contribution is 0.314. The number of aromatic nitrogens is 1. The minimum absolute atomic E-state index is 0.423. The molecule has 1 aromatic carbocycles. The molecular weight excluding hydrogens is 268 g/mol. The molecule has 3 nitrogen and oxygen atoms in total. The van der Waals surface area contributed by atoms with Gasteiger partial charge in [-0.05, 0) is 29.0 Å². The van der Waals surface area contributed by atoms with Gasteiger partial charge in [-0.1, -0.05) is 24.3 Å². The topological polar surface area (TPSA) is 48.1 Å². The fourth-order valence-electron chi connectivity index (χ4n) is 2.14. The molecule has 2 N–H and O–H groups in total. The van der Waals surface area contributed by atoms with Crippen molar-refractivity contribution in [2.75, 3.05) is 6.61 Å². The standard InChI is InChI=1S/C16H16N2OS/c17-11-13-10-12-4-1-2-6-15(12)16(18-13)19-8-7-14-5-3-9-20-14/h1-6,9-10H,7-8,11,17H2. The van der Waals surface area contributed by atoms with E-state index in [9.17, 15) is 0 Å². The highest BCUT2D eigenvalue weighted by atomic mass is 32.1. The first-order valence-electron chi connectivity index (χ1n) is 6.61. The van der Waals surface area contributed by atoms with E-state index in [1.165, 1.54) is 4.88 Å². The van der Waals surface area contributed by atoms with Crippen molar-refractivity contribution in [2.24, 2.45) is 5.73 Å². The van der Waals surface area contributed by atoms with Crippen LogP contribution in [0, 0.1) is 0 Å². The molecule has 0 aliphatic carbocycles. The SMILES string of the molecule is NCc1cc2ccccc2c(OCCc2cccs2)n1. The normalized spacial score (nSPS) is 10.8.